The van der Waals surface area contributed by atoms with Crippen molar-refractivity contribution in [1.82, 2.24) is 15.5 Å². The molecule has 0 fully saturated rings. The highest BCUT2D eigenvalue weighted by Gasteiger charge is 2.23. The number of nitrogens with one attached hydrogen (secondary N) is 2. The Bertz CT molecular complexity index is 618. The molecule has 0 saturated heterocycles. The number of hydrogen-bond donors (Lipinski definition) is 3. The lowest BCUT2D eigenvalue weighted by molar-refractivity contribution is -0.140. The Morgan fingerprint density at radius 1 is 1.37 bits per heavy atom. The number of H-pyrrole nitrogens is 1. The number of fused-ring (bicyclic) bond motifs is 1. The average molecular weight is 261 g/mol. The summed E-state index contributed by atoms with van der Waals surface area (Å²) in [5, 5.41) is 19.0. The number of carbonyl (C=O) groups excluding carboxylic acids is 1. The molecule has 0 radical (unpaired) electrons. The van der Waals surface area contributed by atoms with Crippen LogP contribution in [0.4, 0.5) is 0 Å². The van der Waals surface area contributed by atoms with E-state index in [4.69, 9.17) is 5.11 Å². The van der Waals surface area contributed by atoms with Crippen molar-refractivity contribution in [2.24, 2.45) is 5.92 Å². The van der Waals surface area contributed by atoms with Crippen LogP contribution in [0.3, 0.4) is 0 Å². The number of aromatic nitrogens is 2. The molecule has 1 aromatic carbocycles. The molecular formula is C13H15N3O3. The van der Waals surface area contributed by atoms with Gasteiger partial charge in [0.15, 0.2) is 0 Å². The quantitative estimate of drug-likeness (QED) is 0.775. The fraction of sp³-hybridized carbons (Fsp3) is 0.308. The molecule has 2 rings (SSSR count). The minimum Gasteiger partial charge on any atom is -0.480 e. The molecule has 0 spiro atoms. The molecule has 1 amide bonds. The van der Waals surface area contributed by atoms with Crippen molar-refractivity contribution < 1.29 is 14.7 Å². The molecule has 3 N–H and O–H groups in total. The van der Waals surface area contributed by atoms with E-state index in [-0.39, 0.29) is 5.92 Å². The van der Waals surface area contributed by atoms with Crippen LogP contribution in [0.1, 0.15) is 24.2 Å². The zero-order valence-electron chi connectivity index (χ0n) is 10.7. The SMILES string of the molecule is CC(C)C(NC(=O)c1ccc2[nH]ncc2c1)C(=O)O. The van der Waals surface area contributed by atoms with Gasteiger partial charge < -0.3 is 10.4 Å². The number of benzene rings is 1. The summed E-state index contributed by atoms with van der Waals surface area (Å²) in [6, 6.07) is 4.15. The van der Waals surface area contributed by atoms with Crippen molar-refractivity contribution in [2.45, 2.75) is 19.9 Å². The minimum absolute atomic E-state index is 0.181. The molecule has 100 valence electrons. The maximum atomic E-state index is 12.0. The average Bonchev–Trinajstić information content (AvgIpc) is 2.81. The fourth-order valence-electron chi connectivity index (χ4n) is 1.82. The Labute approximate surface area is 109 Å². The molecule has 1 atom stereocenters. The van der Waals surface area contributed by atoms with Crippen molar-refractivity contribution in [1.29, 1.82) is 0 Å². The van der Waals surface area contributed by atoms with Gasteiger partial charge in [0, 0.05) is 10.9 Å². The van der Waals surface area contributed by atoms with Crippen molar-refractivity contribution in [3.63, 3.8) is 0 Å². The molecule has 1 unspecified atom stereocenters. The summed E-state index contributed by atoms with van der Waals surface area (Å²) in [6.45, 7) is 3.50. The third-order valence-electron chi connectivity index (χ3n) is 2.92. The highest BCUT2D eigenvalue weighted by Crippen LogP contribution is 2.13. The van der Waals surface area contributed by atoms with E-state index in [1.54, 1.807) is 38.2 Å². The standard InChI is InChI=1S/C13H15N3O3/c1-7(2)11(13(18)19)15-12(17)8-3-4-10-9(5-8)6-14-16-10/h3-7,11H,1-2H3,(H,14,16)(H,15,17)(H,18,19). The van der Waals surface area contributed by atoms with E-state index in [0.717, 1.165) is 10.9 Å². The molecule has 6 nitrogen and oxygen atoms in total. The van der Waals surface area contributed by atoms with Gasteiger partial charge in [0.05, 0.1) is 11.7 Å². The smallest absolute Gasteiger partial charge is 0.326 e. The summed E-state index contributed by atoms with van der Waals surface area (Å²) < 4.78 is 0. The Morgan fingerprint density at radius 2 is 2.11 bits per heavy atom. The molecule has 6 heteroatoms. The van der Waals surface area contributed by atoms with Crippen molar-refractivity contribution in [3.05, 3.63) is 30.0 Å². The van der Waals surface area contributed by atoms with Gasteiger partial charge in [0.25, 0.3) is 5.91 Å². The van der Waals surface area contributed by atoms with Crippen LogP contribution in [-0.2, 0) is 4.79 Å². The van der Waals surface area contributed by atoms with Gasteiger partial charge in [0.1, 0.15) is 6.04 Å². The van der Waals surface area contributed by atoms with E-state index >= 15 is 0 Å². The second-order valence-electron chi connectivity index (χ2n) is 4.71. The highest BCUT2D eigenvalue weighted by molar-refractivity contribution is 5.99. The molecule has 0 bridgehead atoms. The third-order valence-corrected chi connectivity index (χ3v) is 2.92. The van der Waals surface area contributed by atoms with E-state index in [2.05, 4.69) is 15.5 Å². The zero-order valence-corrected chi connectivity index (χ0v) is 10.7. The van der Waals surface area contributed by atoms with Crippen LogP contribution < -0.4 is 5.32 Å². The molecule has 2 aromatic rings. The van der Waals surface area contributed by atoms with Gasteiger partial charge in [-0.2, -0.15) is 5.10 Å². The monoisotopic (exact) mass is 261 g/mol. The molecule has 1 aromatic heterocycles. The van der Waals surface area contributed by atoms with Crippen molar-refractivity contribution in [2.75, 3.05) is 0 Å². The van der Waals surface area contributed by atoms with Gasteiger partial charge in [-0.15, -0.1) is 0 Å². The number of carboxylic acid groups (broad SMARTS) is 1. The van der Waals surface area contributed by atoms with Gasteiger partial charge in [-0.3, -0.25) is 9.89 Å². The fourth-order valence-corrected chi connectivity index (χ4v) is 1.82. The summed E-state index contributed by atoms with van der Waals surface area (Å²) >= 11 is 0. The summed E-state index contributed by atoms with van der Waals surface area (Å²) in [5.41, 5.74) is 1.25. The van der Waals surface area contributed by atoms with Crippen LogP contribution in [0, 0.1) is 5.92 Å². The van der Waals surface area contributed by atoms with Crippen LogP contribution in [-0.4, -0.2) is 33.2 Å². The van der Waals surface area contributed by atoms with Gasteiger partial charge in [-0.1, -0.05) is 13.8 Å². The number of hydrogen-bond acceptors (Lipinski definition) is 3. The van der Waals surface area contributed by atoms with Gasteiger partial charge in [0.2, 0.25) is 0 Å². The van der Waals surface area contributed by atoms with Crippen molar-refractivity contribution in [3.8, 4) is 0 Å². The summed E-state index contributed by atoms with van der Waals surface area (Å²) in [5.74, 6) is -1.61. The maximum absolute atomic E-state index is 12.0. The van der Waals surface area contributed by atoms with Gasteiger partial charge in [-0.25, -0.2) is 4.79 Å². The predicted octanol–water partition coefficient (Wildman–Crippen LogP) is 1.40. The third kappa shape index (κ3) is 2.73. The van der Waals surface area contributed by atoms with E-state index in [9.17, 15) is 9.59 Å². The Balaban J connectivity index is 2.21. The second kappa shape index (κ2) is 5.09. The first-order valence-corrected chi connectivity index (χ1v) is 5.96. The van der Waals surface area contributed by atoms with Crippen LogP contribution in [0.2, 0.25) is 0 Å². The first kappa shape index (κ1) is 13.1. The number of aromatic amines is 1. The predicted molar refractivity (Wildman–Crippen MR) is 69.8 cm³/mol. The second-order valence-corrected chi connectivity index (χ2v) is 4.71. The van der Waals surface area contributed by atoms with Gasteiger partial charge in [-0.05, 0) is 24.1 Å². The van der Waals surface area contributed by atoms with Gasteiger partial charge >= 0.3 is 5.97 Å². The molecular weight excluding hydrogens is 246 g/mol. The highest BCUT2D eigenvalue weighted by atomic mass is 16.4. The normalized spacial score (nSPS) is 12.6. The lowest BCUT2D eigenvalue weighted by Crippen LogP contribution is -2.44. The minimum atomic E-state index is -1.03. The van der Waals surface area contributed by atoms with Crippen molar-refractivity contribution >= 4 is 22.8 Å². The summed E-state index contributed by atoms with van der Waals surface area (Å²) in [6.07, 6.45) is 1.61. The molecule has 0 aliphatic heterocycles. The number of nitrogens with zero attached hydrogens (tertiary/aromatic N) is 1. The van der Waals surface area contributed by atoms with Crippen LogP contribution in [0.15, 0.2) is 24.4 Å². The number of aliphatic carboxylic acids is 1. The Morgan fingerprint density at radius 3 is 2.74 bits per heavy atom. The molecule has 0 saturated carbocycles. The van der Waals surface area contributed by atoms with Crippen LogP contribution in [0.5, 0.6) is 0 Å². The first-order valence-electron chi connectivity index (χ1n) is 5.96. The van der Waals surface area contributed by atoms with E-state index in [1.165, 1.54) is 0 Å². The topological polar surface area (TPSA) is 95.1 Å². The van der Waals surface area contributed by atoms with E-state index < -0.39 is 17.9 Å². The number of amides is 1. The number of rotatable bonds is 4. The molecule has 0 aliphatic rings. The maximum Gasteiger partial charge on any atom is 0.326 e. The first-order chi connectivity index (χ1) is 8.99. The molecule has 19 heavy (non-hydrogen) atoms. The van der Waals surface area contributed by atoms with Crippen LogP contribution in [0.25, 0.3) is 10.9 Å². The Hall–Kier alpha value is -2.37. The van der Waals surface area contributed by atoms with Crippen LogP contribution >= 0.6 is 0 Å². The summed E-state index contributed by atoms with van der Waals surface area (Å²) in [7, 11) is 0. The van der Waals surface area contributed by atoms with E-state index in [1.807, 2.05) is 0 Å². The lowest BCUT2D eigenvalue weighted by atomic mass is 10.0. The number of carboxylic acids is 1. The largest absolute Gasteiger partial charge is 0.480 e. The zero-order chi connectivity index (χ0) is 14.0. The molecule has 0 aliphatic carbocycles. The van der Waals surface area contributed by atoms with E-state index in [0.29, 0.717) is 5.56 Å². The molecule has 1 heterocycles. The summed E-state index contributed by atoms with van der Waals surface area (Å²) in [4.78, 5) is 23.1. The lowest BCUT2D eigenvalue weighted by Gasteiger charge is -2.17. The number of carbonyl (C=O) groups is 2. The Kier molecular flexibility index (Phi) is 3.50.